The number of rotatable bonds is 10. The second kappa shape index (κ2) is 16.8. The zero-order valence-corrected chi connectivity index (χ0v) is 29.0. The summed E-state index contributed by atoms with van der Waals surface area (Å²) >= 11 is 7.82. The number of benzene rings is 2. The second-order valence-corrected chi connectivity index (χ2v) is 14.6. The van der Waals surface area contributed by atoms with E-state index in [9.17, 15) is 14.4 Å². The van der Waals surface area contributed by atoms with Gasteiger partial charge in [-0.3, -0.25) is 14.5 Å². The van der Waals surface area contributed by atoms with E-state index in [4.69, 9.17) is 16.3 Å². The minimum Gasteiger partial charge on any atom is -0.409 e. The van der Waals surface area contributed by atoms with Gasteiger partial charge in [-0.15, -0.1) is 11.3 Å². The Balaban J connectivity index is 1.18. The highest BCUT2D eigenvalue weighted by atomic mass is 35.5. The first kappa shape index (κ1) is 34.4. The van der Waals surface area contributed by atoms with Gasteiger partial charge >= 0.3 is 6.09 Å². The van der Waals surface area contributed by atoms with Gasteiger partial charge in [0.1, 0.15) is 6.04 Å². The fraction of sp³-hybridized carbons (Fsp3) is 0.486. The van der Waals surface area contributed by atoms with E-state index in [1.54, 1.807) is 40.5 Å². The van der Waals surface area contributed by atoms with Gasteiger partial charge in [0.2, 0.25) is 11.8 Å². The molecule has 0 radical (unpaired) electrons. The maximum atomic E-state index is 14.7. The minimum absolute atomic E-state index is 0.0387. The Morgan fingerprint density at radius 2 is 1.62 bits per heavy atom. The van der Waals surface area contributed by atoms with E-state index in [0.717, 1.165) is 63.0 Å². The van der Waals surface area contributed by atoms with Gasteiger partial charge in [0.05, 0.1) is 24.2 Å². The van der Waals surface area contributed by atoms with E-state index in [2.05, 4.69) is 39.8 Å². The predicted octanol–water partition coefficient (Wildman–Crippen LogP) is 5.93. The number of piperazine rings is 1. The van der Waals surface area contributed by atoms with E-state index >= 15 is 0 Å². The van der Waals surface area contributed by atoms with Crippen LogP contribution in [-0.4, -0.2) is 83.5 Å². The summed E-state index contributed by atoms with van der Waals surface area (Å²) in [6.07, 6.45) is 6.89. The number of nitrogens with zero attached hydrogens (tertiary/aromatic N) is 3. The van der Waals surface area contributed by atoms with Gasteiger partial charge in [-0.2, -0.15) is 0 Å². The molecular formula is C37H46ClN5O4S. The minimum atomic E-state index is -0.848. The standard InChI is InChI=1S/C37H46ClN5O4S/c38-31-15-7-8-16-33(31)47-37(46)42-21-22-43(32(26-42)35(44)39-24-30-14-9-23-48-30)36(45)34(40-29-12-5-2-6-13-29)28-17-19-41(20-18-28)25-27-10-3-1-4-11-27/h1,3-4,7-11,14-16,23,28-29,32,34,40H,2,5-6,12-13,17-22,24-26H2,(H,39,44)/t32-,34?/m0/s1. The molecule has 3 aromatic rings. The first-order valence-electron chi connectivity index (χ1n) is 17.3. The summed E-state index contributed by atoms with van der Waals surface area (Å²) < 4.78 is 5.63. The summed E-state index contributed by atoms with van der Waals surface area (Å²) in [6.45, 7) is 3.64. The van der Waals surface area contributed by atoms with Crippen LogP contribution in [0, 0.1) is 5.92 Å². The molecule has 2 atom stereocenters. The largest absolute Gasteiger partial charge is 0.415 e. The third-order valence-corrected chi connectivity index (χ3v) is 11.1. The number of halogens is 1. The van der Waals surface area contributed by atoms with Crippen molar-refractivity contribution < 1.29 is 19.1 Å². The fourth-order valence-corrected chi connectivity index (χ4v) is 8.04. The number of carbonyl (C=O) groups excluding carboxylic acids is 3. The Morgan fingerprint density at radius 3 is 2.35 bits per heavy atom. The molecular weight excluding hydrogens is 646 g/mol. The first-order chi connectivity index (χ1) is 23.4. The van der Waals surface area contributed by atoms with E-state index < -0.39 is 12.1 Å². The lowest BCUT2D eigenvalue weighted by molar-refractivity contribution is -0.146. The molecule has 1 aliphatic carbocycles. The highest BCUT2D eigenvalue weighted by Gasteiger charge is 2.43. The van der Waals surface area contributed by atoms with Crippen LogP contribution in [0.3, 0.4) is 0 Å². The Labute approximate surface area is 292 Å². The van der Waals surface area contributed by atoms with Crippen molar-refractivity contribution in [1.29, 1.82) is 0 Å². The van der Waals surface area contributed by atoms with Crippen molar-refractivity contribution in [2.75, 3.05) is 32.7 Å². The molecule has 3 heterocycles. The Morgan fingerprint density at radius 1 is 0.875 bits per heavy atom. The SMILES string of the molecule is O=C(NCc1cccs1)[C@@H]1CN(C(=O)Oc2ccccc2Cl)CCN1C(=O)C(NC1CCCCC1)C1CCN(Cc2ccccc2)CC1. The van der Waals surface area contributed by atoms with Gasteiger partial charge in [0, 0.05) is 30.6 Å². The van der Waals surface area contributed by atoms with Gasteiger partial charge in [-0.1, -0.05) is 79.4 Å². The molecule has 9 nitrogen and oxygen atoms in total. The number of nitrogens with one attached hydrogen (secondary N) is 2. The van der Waals surface area contributed by atoms with Gasteiger partial charge in [0.25, 0.3) is 0 Å². The van der Waals surface area contributed by atoms with Crippen LogP contribution in [0.1, 0.15) is 55.4 Å². The van der Waals surface area contributed by atoms with Crippen molar-refractivity contribution in [1.82, 2.24) is 25.3 Å². The third kappa shape index (κ3) is 8.96. The van der Waals surface area contributed by atoms with Crippen LogP contribution in [0.25, 0.3) is 0 Å². The lowest BCUT2D eigenvalue weighted by Gasteiger charge is -2.44. The summed E-state index contributed by atoms with van der Waals surface area (Å²) in [7, 11) is 0. The van der Waals surface area contributed by atoms with Crippen LogP contribution >= 0.6 is 22.9 Å². The van der Waals surface area contributed by atoms with E-state index in [0.29, 0.717) is 11.6 Å². The van der Waals surface area contributed by atoms with Gasteiger partial charge in [-0.25, -0.2) is 4.79 Å². The average Bonchev–Trinajstić information content (AvgIpc) is 3.65. The van der Waals surface area contributed by atoms with E-state index in [1.807, 2.05) is 23.6 Å². The zero-order valence-electron chi connectivity index (χ0n) is 27.4. The molecule has 1 aromatic heterocycles. The molecule has 3 amide bonds. The number of thiophene rings is 1. The number of likely N-dealkylation sites (tertiary alicyclic amines) is 1. The molecule has 2 N–H and O–H groups in total. The van der Waals surface area contributed by atoms with Crippen LogP contribution in [0.15, 0.2) is 72.1 Å². The van der Waals surface area contributed by atoms with Gasteiger partial charge < -0.3 is 25.2 Å². The smallest absolute Gasteiger partial charge is 0.409 e. The molecule has 0 bridgehead atoms. The van der Waals surface area contributed by atoms with Crippen molar-refractivity contribution in [3.63, 3.8) is 0 Å². The predicted molar refractivity (Wildman–Crippen MR) is 189 cm³/mol. The maximum Gasteiger partial charge on any atom is 0.415 e. The highest BCUT2D eigenvalue weighted by Crippen LogP contribution is 2.28. The maximum absolute atomic E-state index is 14.7. The molecule has 1 saturated carbocycles. The molecule has 6 rings (SSSR count). The molecule has 3 fully saturated rings. The summed E-state index contributed by atoms with van der Waals surface area (Å²) in [6, 6.07) is 20.3. The quantitative estimate of drug-likeness (QED) is 0.274. The van der Waals surface area contributed by atoms with Crippen LogP contribution in [-0.2, 0) is 22.7 Å². The molecule has 11 heteroatoms. The Kier molecular flexibility index (Phi) is 12.0. The first-order valence-corrected chi connectivity index (χ1v) is 18.5. The zero-order chi connectivity index (χ0) is 33.3. The van der Waals surface area contributed by atoms with Crippen molar-refractivity contribution in [3.05, 3.63) is 87.6 Å². The topological polar surface area (TPSA) is 94.2 Å². The van der Waals surface area contributed by atoms with Gasteiger partial charge in [-0.05, 0) is 73.8 Å². The van der Waals surface area contributed by atoms with Crippen molar-refractivity contribution in [2.24, 2.45) is 5.92 Å². The van der Waals surface area contributed by atoms with Crippen LogP contribution < -0.4 is 15.4 Å². The number of carbonyl (C=O) groups is 3. The molecule has 0 spiro atoms. The summed E-state index contributed by atoms with van der Waals surface area (Å²) in [4.78, 5) is 48.6. The summed E-state index contributed by atoms with van der Waals surface area (Å²) in [5.41, 5.74) is 1.30. The average molecular weight is 692 g/mol. The number of hydrogen-bond donors (Lipinski definition) is 2. The lowest BCUT2D eigenvalue weighted by atomic mass is 9.86. The number of piperidine rings is 1. The van der Waals surface area contributed by atoms with Crippen LogP contribution in [0.5, 0.6) is 5.75 Å². The third-order valence-electron chi connectivity index (χ3n) is 9.91. The second-order valence-electron chi connectivity index (χ2n) is 13.2. The van der Waals surface area contributed by atoms with E-state index in [-0.39, 0.29) is 55.2 Å². The lowest BCUT2D eigenvalue weighted by Crippen LogP contribution is -2.66. The number of ether oxygens (including phenoxy) is 1. The summed E-state index contributed by atoms with van der Waals surface area (Å²) in [5, 5.41) is 9.15. The molecule has 48 heavy (non-hydrogen) atoms. The number of para-hydroxylation sites is 1. The van der Waals surface area contributed by atoms with Crippen LogP contribution in [0.4, 0.5) is 4.79 Å². The van der Waals surface area contributed by atoms with Crippen molar-refractivity contribution >= 4 is 40.8 Å². The monoisotopic (exact) mass is 691 g/mol. The van der Waals surface area contributed by atoms with Gasteiger partial charge in [0.15, 0.2) is 5.75 Å². The van der Waals surface area contributed by atoms with Crippen molar-refractivity contribution in [2.45, 2.75) is 76.2 Å². The molecule has 2 saturated heterocycles. The highest BCUT2D eigenvalue weighted by molar-refractivity contribution is 7.09. The molecule has 2 aliphatic heterocycles. The molecule has 1 unspecified atom stereocenters. The Bertz CT molecular complexity index is 1490. The van der Waals surface area contributed by atoms with E-state index in [1.165, 1.54) is 16.9 Å². The normalized spacial score (nSPS) is 20.3. The Hall–Kier alpha value is -3.44. The molecule has 2 aromatic carbocycles. The van der Waals surface area contributed by atoms with Crippen molar-refractivity contribution in [3.8, 4) is 5.75 Å². The number of hydrogen-bond acceptors (Lipinski definition) is 7. The fourth-order valence-electron chi connectivity index (χ4n) is 7.23. The number of amides is 3. The summed E-state index contributed by atoms with van der Waals surface area (Å²) in [5.74, 6) is 0.0970. The van der Waals surface area contributed by atoms with Crippen LogP contribution in [0.2, 0.25) is 5.02 Å². The molecule has 3 aliphatic rings. The molecule has 256 valence electrons.